The molecule has 94 valence electrons. The third-order valence-corrected chi connectivity index (χ3v) is 5.03. The van der Waals surface area contributed by atoms with Crippen LogP contribution >= 0.6 is 12.6 Å². The molecule has 0 aromatic heterocycles. The molecule has 1 saturated heterocycles. The first-order chi connectivity index (χ1) is 7.76. The number of nitrogens with zero attached hydrogens (tertiary/aromatic N) is 1. The lowest BCUT2D eigenvalue weighted by molar-refractivity contribution is 0.101. The molecule has 2 aliphatic rings. The van der Waals surface area contributed by atoms with Gasteiger partial charge in [0, 0.05) is 19.2 Å². The molecule has 0 radical (unpaired) electrons. The van der Waals surface area contributed by atoms with Crippen molar-refractivity contribution in [3.8, 4) is 0 Å². The van der Waals surface area contributed by atoms with Crippen LogP contribution in [0.5, 0.6) is 0 Å². The van der Waals surface area contributed by atoms with Crippen molar-refractivity contribution in [2.24, 2.45) is 5.41 Å². The molecule has 3 heteroatoms. The van der Waals surface area contributed by atoms with Crippen LogP contribution in [-0.4, -0.2) is 43.5 Å². The normalized spacial score (nSPS) is 29.8. The van der Waals surface area contributed by atoms with Crippen LogP contribution in [0.4, 0.5) is 0 Å². The second-order valence-corrected chi connectivity index (χ2v) is 5.97. The zero-order valence-corrected chi connectivity index (χ0v) is 11.3. The smallest absolute Gasteiger partial charge is 0.0622 e. The number of ether oxygens (including phenoxy) is 1. The molecule has 1 atom stereocenters. The van der Waals surface area contributed by atoms with Crippen molar-refractivity contribution in [1.29, 1.82) is 0 Å². The molecule has 2 nitrogen and oxygen atoms in total. The Bertz CT molecular complexity index is 210. The molecule has 1 aliphatic heterocycles. The topological polar surface area (TPSA) is 12.5 Å². The Morgan fingerprint density at radius 3 is 2.62 bits per heavy atom. The van der Waals surface area contributed by atoms with Crippen LogP contribution in [0, 0.1) is 5.41 Å². The van der Waals surface area contributed by atoms with Crippen molar-refractivity contribution in [3.63, 3.8) is 0 Å². The largest absolute Gasteiger partial charge is 0.380 e. The molecule has 1 heterocycles. The molecule has 0 aromatic carbocycles. The fourth-order valence-electron chi connectivity index (χ4n) is 3.20. The maximum atomic E-state index is 5.47. The molecule has 0 aromatic rings. The van der Waals surface area contributed by atoms with E-state index in [4.69, 9.17) is 4.74 Å². The first kappa shape index (κ1) is 12.7. The van der Waals surface area contributed by atoms with Gasteiger partial charge in [0.1, 0.15) is 0 Å². The molecule has 0 spiro atoms. The highest BCUT2D eigenvalue weighted by molar-refractivity contribution is 7.80. The molecule has 16 heavy (non-hydrogen) atoms. The monoisotopic (exact) mass is 243 g/mol. The summed E-state index contributed by atoms with van der Waals surface area (Å²) >= 11 is 4.61. The summed E-state index contributed by atoms with van der Waals surface area (Å²) in [5.74, 6) is 1.05. The van der Waals surface area contributed by atoms with Gasteiger partial charge in [-0.25, -0.2) is 0 Å². The fourth-order valence-corrected chi connectivity index (χ4v) is 3.61. The molecule has 1 unspecified atom stereocenters. The van der Waals surface area contributed by atoms with E-state index in [-0.39, 0.29) is 0 Å². The SMILES string of the molecule is CN(CC1(CS)CCCCC1)C1CCOC1. The highest BCUT2D eigenvalue weighted by Crippen LogP contribution is 2.38. The van der Waals surface area contributed by atoms with Crippen LogP contribution in [-0.2, 0) is 4.74 Å². The highest BCUT2D eigenvalue weighted by Gasteiger charge is 2.34. The van der Waals surface area contributed by atoms with E-state index in [1.54, 1.807) is 0 Å². The molecule has 2 rings (SSSR count). The van der Waals surface area contributed by atoms with Crippen LogP contribution in [0.2, 0.25) is 0 Å². The van der Waals surface area contributed by atoms with Crippen LogP contribution in [0.1, 0.15) is 38.5 Å². The highest BCUT2D eigenvalue weighted by atomic mass is 32.1. The molecule has 0 amide bonds. The number of rotatable bonds is 4. The summed E-state index contributed by atoms with van der Waals surface area (Å²) in [6, 6.07) is 0.652. The summed E-state index contributed by atoms with van der Waals surface area (Å²) in [7, 11) is 2.26. The van der Waals surface area contributed by atoms with E-state index in [0.29, 0.717) is 11.5 Å². The van der Waals surface area contributed by atoms with Crippen molar-refractivity contribution in [2.45, 2.75) is 44.6 Å². The minimum absolute atomic E-state index is 0.485. The molecule has 1 saturated carbocycles. The zero-order chi connectivity index (χ0) is 11.4. The van der Waals surface area contributed by atoms with Crippen LogP contribution in [0.3, 0.4) is 0 Å². The van der Waals surface area contributed by atoms with Crippen LogP contribution in [0.15, 0.2) is 0 Å². The van der Waals surface area contributed by atoms with E-state index in [2.05, 4.69) is 24.6 Å². The summed E-state index contributed by atoms with van der Waals surface area (Å²) in [6.45, 7) is 3.09. The van der Waals surface area contributed by atoms with Gasteiger partial charge >= 0.3 is 0 Å². The summed E-state index contributed by atoms with van der Waals surface area (Å²) in [5, 5.41) is 0. The Labute approximate surface area is 105 Å². The second-order valence-electron chi connectivity index (χ2n) is 5.65. The van der Waals surface area contributed by atoms with Gasteiger partial charge in [-0.3, -0.25) is 0 Å². The van der Waals surface area contributed by atoms with Crippen LogP contribution < -0.4 is 0 Å². The Kier molecular flexibility index (Phi) is 4.57. The van der Waals surface area contributed by atoms with Gasteiger partial charge < -0.3 is 9.64 Å². The number of likely N-dealkylation sites (N-methyl/N-ethyl adjacent to an activating group) is 1. The molecular formula is C13H25NOS. The van der Waals surface area contributed by atoms with E-state index < -0.39 is 0 Å². The third-order valence-electron chi connectivity index (χ3n) is 4.36. The summed E-state index contributed by atoms with van der Waals surface area (Å²) < 4.78 is 5.47. The lowest BCUT2D eigenvalue weighted by Gasteiger charge is -2.40. The zero-order valence-electron chi connectivity index (χ0n) is 10.5. The predicted octanol–water partition coefficient (Wildman–Crippen LogP) is 2.59. The maximum Gasteiger partial charge on any atom is 0.0622 e. The Morgan fingerprint density at radius 1 is 1.31 bits per heavy atom. The van der Waals surface area contributed by atoms with Gasteiger partial charge in [-0.2, -0.15) is 12.6 Å². The van der Waals surface area contributed by atoms with Crippen molar-refractivity contribution >= 4 is 12.6 Å². The molecule has 2 fully saturated rings. The minimum Gasteiger partial charge on any atom is -0.380 e. The lowest BCUT2D eigenvalue weighted by atomic mass is 9.75. The van der Waals surface area contributed by atoms with Crippen molar-refractivity contribution in [2.75, 3.05) is 32.6 Å². The van der Waals surface area contributed by atoms with Crippen LogP contribution in [0.25, 0.3) is 0 Å². The fraction of sp³-hybridized carbons (Fsp3) is 1.00. The Balaban J connectivity index is 1.89. The van der Waals surface area contributed by atoms with Gasteiger partial charge in [-0.1, -0.05) is 19.3 Å². The quantitative estimate of drug-likeness (QED) is 0.762. The summed E-state index contributed by atoms with van der Waals surface area (Å²) in [6.07, 6.45) is 8.17. The first-order valence-corrected chi connectivity index (χ1v) is 7.28. The van der Waals surface area contributed by atoms with Crippen molar-refractivity contribution < 1.29 is 4.74 Å². The molecule has 1 aliphatic carbocycles. The van der Waals surface area contributed by atoms with Crippen molar-refractivity contribution in [3.05, 3.63) is 0 Å². The number of hydrogen-bond acceptors (Lipinski definition) is 3. The average molecular weight is 243 g/mol. The third kappa shape index (κ3) is 2.93. The van der Waals surface area contributed by atoms with Gasteiger partial charge in [0.25, 0.3) is 0 Å². The molecular weight excluding hydrogens is 218 g/mol. The standard InChI is InChI=1S/C13H25NOS/c1-14(12-5-8-15-9-12)10-13(11-16)6-3-2-4-7-13/h12,16H,2-11H2,1H3. The second kappa shape index (κ2) is 5.74. The average Bonchev–Trinajstić information content (AvgIpc) is 2.84. The Hall–Kier alpha value is 0.270. The van der Waals surface area contributed by atoms with Gasteiger partial charge in [0.15, 0.2) is 0 Å². The predicted molar refractivity (Wildman–Crippen MR) is 71.2 cm³/mol. The first-order valence-electron chi connectivity index (χ1n) is 6.65. The van der Waals surface area contributed by atoms with E-state index in [1.807, 2.05) is 0 Å². The van der Waals surface area contributed by atoms with Crippen molar-refractivity contribution in [1.82, 2.24) is 4.90 Å². The Morgan fingerprint density at radius 2 is 2.06 bits per heavy atom. The van der Waals surface area contributed by atoms with E-state index in [0.717, 1.165) is 19.0 Å². The van der Waals surface area contributed by atoms with Gasteiger partial charge in [0.2, 0.25) is 0 Å². The van der Waals surface area contributed by atoms with E-state index in [1.165, 1.54) is 45.1 Å². The maximum absolute atomic E-state index is 5.47. The van der Waals surface area contributed by atoms with Gasteiger partial charge in [-0.15, -0.1) is 0 Å². The minimum atomic E-state index is 0.485. The summed E-state index contributed by atoms with van der Waals surface area (Å²) in [4.78, 5) is 2.52. The van der Waals surface area contributed by atoms with E-state index in [9.17, 15) is 0 Å². The molecule has 0 N–H and O–H groups in total. The van der Waals surface area contributed by atoms with Gasteiger partial charge in [-0.05, 0) is 37.5 Å². The lowest BCUT2D eigenvalue weighted by Crippen LogP contribution is -2.43. The number of thiol groups is 1. The molecule has 0 bridgehead atoms. The number of hydrogen-bond donors (Lipinski definition) is 1. The summed E-state index contributed by atoms with van der Waals surface area (Å²) in [5.41, 5.74) is 0.485. The van der Waals surface area contributed by atoms with Gasteiger partial charge in [0.05, 0.1) is 6.61 Å². The van der Waals surface area contributed by atoms with E-state index >= 15 is 0 Å².